The third-order valence-electron chi connectivity index (χ3n) is 3.46. The van der Waals surface area contributed by atoms with Crippen LogP contribution in [0.15, 0.2) is 23.4 Å². The molecule has 0 bridgehead atoms. The molecular formula is C13H17NO2. The summed E-state index contributed by atoms with van der Waals surface area (Å²) >= 11 is 0. The Bertz CT molecular complexity index is 436. The van der Waals surface area contributed by atoms with E-state index in [9.17, 15) is 0 Å². The third-order valence-corrected chi connectivity index (χ3v) is 3.46. The van der Waals surface area contributed by atoms with E-state index in [1.54, 1.807) is 7.11 Å². The van der Waals surface area contributed by atoms with Gasteiger partial charge in [-0.3, -0.25) is 0 Å². The Kier molecular flexibility index (Phi) is 2.62. The minimum atomic E-state index is -0.186. The van der Waals surface area contributed by atoms with Crippen molar-refractivity contribution in [1.29, 1.82) is 0 Å². The van der Waals surface area contributed by atoms with Crippen LogP contribution in [0.25, 0.3) is 0 Å². The van der Waals surface area contributed by atoms with E-state index >= 15 is 0 Å². The highest BCUT2D eigenvalue weighted by Gasteiger charge is 2.33. The zero-order valence-corrected chi connectivity index (χ0v) is 9.95. The van der Waals surface area contributed by atoms with Gasteiger partial charge in [-0.25, -0.2) is 0 Å². The summed E-state index contributed by atoms with van der Waals surface area (Å²) in [6.07, 6.45) is 1.72. The van der Waals surface area contributed by atoms with E-state index < -0.39 is 0 Å². The molecule has 3 heteroatoms. The van der Waals surface area contributed by atoms with Crippen molar-refractivity contribution in [2.45, 2.75) is 32.1 Å². The molecular weight excluding hydrogens is 202 g/mol. The van der Waals surface area contributed by atoms with E-state index in [-0.39, 0.29) is 5.41 Å². The molecule has 0 radical (unpaired) electrons. The fourth-order valence-corrected chi connectivity index (χ4v) is 2.41. The molecule has 0 atom stereocenters. The molecule has 2 rings (SSSR count). The SMILES string of the molecule is COc1ccc2c(c1)CC/C(=N\O)C2(C)C. The number of methoxy groups -OCH3 is 1. The van der Waals surface area contributed by atoms with Crippen LogP contribution in [0.1, 0.15) is 31.4 Å². The fraction of sp³-hybridized carbons (Fsp3) is 0.462. The molecule has 0 heterocycles. The van der Waals surface area contributed by atoms with Crippen molar-refractivity contribution >= 4 is 5.71 Å². The first kappa shape index (κ1) is 11.0. The topological polar surface area (TPSA) is 41.8 Å². The Morgan fingerprint density at radius 2 is 2.06 bits per heavy atom. The van der Waals surface area contributed by atoms with E-state index in [1.807, 2.05) is 6.07 Å². The Morgan fingerprint density at radius 3 is 2.69 bits per heavy atom. The summed E-state index contributed by atoms with van der Waals surface area (Å²) in [5, 5.41) is 12.4. The summed E-state index contributed by atoms with van der Waals surface area (Å²) < 4.78 is 5.22. The Morgan fingerprint density at radius 1 is 1.31 bits per heavy atom. The van der Waals surface area contributed by atoms with Gasteiger partial charge in [0.25, 0.3) is 0 Å². The number of fused-ring (bicyclic) bond motifs is 1. The highest BCUT2D eigenvalue weighted by Crippen LogP contribution is 2.36. The first-order chi connectivity index (χ1) is 7.59. The lowest BCUT2D eigenvalue weighted by molar-refractivity contribution is 0.311. The third kappa shape index (κ3) is 1.56. The van der Waals surface area contributed by atoms with Crippen LogP contribution in [0.4, 0.5) is 0 Å². The quantitative estimate of drug-likeness (QED) is 0.583. The number of nitrogens with zero attached hydrogens (tertiary/aromatic N) is 1. The predicted octanol–water partition coefficient (Wildman–Crippen LogP) is 2.75. The summed E-state index contributed by atoms with van der Waals surface area (Å²) in [7, 11) is 1.68. The Labute approximate surface area is 95.7 Å². The lowest BCUT2D eigenvalue weighted by Crippen LogP contribution is -2.34. The van der Waals surface area contributed by atoms with E-state index in [0.717, 1.165) is 24.3 Å². The highest BCUT2D eigenvalue weighted by molar-refractivity contribution is 5.95. The number of hydrogen-bond donors (Lipinski definition) is 1. The molecule has 86 valence electrons. The summed E-state index contributed by atoms with van der Waals surface area (Å²) in [4.78, 5) is 0. The zero-order chi connectivity index (χ0) is 11.8. The second-order valence-corrected chi connectivity index (χ2v) is 4.69. The maximum absolute atomic E-state index is 9.02. The predicted molar refractivity (Wildman–Crippen MR) is 63.6 cm³/mol. The minimum absolute atomic E-state index is 0.186. The van der Waals surface area contributed by atoms with Crippen LogP contribution in [-0.4, -0.2) is 18.0 Å². The molecule has 0 saturated carbocycles. The fourth-order valence-electron chi connectivity index (χ4n) is 2.41. The lowest BCUT2D eigenvalue weighted by Gasteiger charge is -2.33. The van der Waals surface area contributed by atoms with Crippen molar-refractivity contribution in [1.82, 2.24) is 0 Å². The zero-order valence-electron chi connectivity index (χ0n) is 9.95. The van der Waals surface area contributed by atoms with Gasteiger partial charge < -0.3 is 9.94 Å². The van der Waals surface area contributed by atoms with Crippen LogP contribution in [0, 0.1) is 0 Å². The normalized spacial score (nSPS) is 20.6. The smallest absolute Gasteiger partial charge is 0.119 e. The summed E-state index contributed by atoms with van der Waals surface area (Å²) in [5.74, 6) is 0.888. The summed E-state index contributed by atoms with van der Waals surface area (Å²) in [6, 6.07) is 6.10. The van der Waals surface area contributed by atoms with Gasteiger partial charge in [0.15, 0.2) is 0 Å². The molecule has 1 aromatic rings. The molecule has 3 nitrogen and oxygen atoms in total. The van der Waals surface area contributed by atoms with Gasteiger partial charge in [0, 0.05) is 5.41 Å². The first-order valence-corrected chi connectivity index (χ1v) is 5.48. The number of oxime groups is 1. The van der Waals surface area contributed by atoms with E-state index in [2.05, 4.69) is 31.1 Å². The maximum Gasteiger partial charge on any atom is 0.119 e. The van der Waals surface area contributed by atoms with Gasteiger partial charge in [-0.05, 0) is 36.1 Å². The molecule has 0 amide bonds. The minimum Gasteiger partial charge on any atom is -0.497 e. The standard InChI is InChI=1S/C13H17NO2/c1-13(2)11-6-5-10(16-3)8-9(11)4-7-12(13)14-15/h5-6,8,15H,4,7H2,1-3H3/b14-12+. The van der Waals surface area contributed by atoms with Gasteiger partial charge in [0.05, 0.1) is 12.8 Å². The second-order valence-electron chi connectivity index (χ2n) is 4.69. The highest BCUT2D eigenvalue weighted by atomic mass is 16.5. The number of aryl methyl sites for hydroxylation is 1. The van der Waals surface area contributed by atoms with Crippen molar-refractivity contribution in [2.24, 2.45) is 5.16 Å². The molecule has 0 aliphatic heterocycles. The maximum atomic E-state index is 9.02. The average molecular weight is 219 g/mol. The van der Waals surface area contributed by atoms with Crippen molar-refractivity contribution in [3.63, 3.8) is 0 Å². The molecule has 1 aliphatic carbocycles. The molecule has 1 aromatic carbocycles. The van der Waals surface area contributed by atoms with Crippen LogP contribution in [0.2, 0.25) is 0 Å². The lowest BCUT2D eigenvalue weighted by atomic mass is 9.71. The van der Waals surface area contributed by atoms with E-state index in [4.69, 9.17) is 9.94 Å². The molecule has 1 aliphatic rings. The van der Waals surface area contributed by atoms with E-state index in [0.29, 0.717) is 0 Å². The van der Waals surface area contributed by atoms with Gasteiger partial charge in [-0.2, -0.15) is 0 Å². The summed E-state index contributed by atoms with van der Waals surface area (Å²) in [6.45, 7) is 4.18. The second kappa shape index (κ2) is 3.81. The van der Waals surface area contributed by atoms with E-state index in [1.165, 1.54) is 11.1 Å². The van der Waals surface area contributed by atoms with Gasteiger partial charge in [0.1, 0.15) is 5.75 Å². The van der Waals surface area contributed by atoms with Crippen molar-refractivity contribution in [2.75, 3.05) is 7.11 Å². The number of hydrogen-bond acceptors (Lipinski definition) is 3. The number of ether oxygens (including phenoxy) is 1. The molecule has 0 aromatic heterocycles. The van der Waals surface area contributed by atoms with Crippen LogP contribution >= 0.6 is 0 Å². The van der Waals surface area contributed by atoms with Gasteiger partial charge in [0.2, 0.25) is 0 Å². The first-order valence-electron chi connectivity index (χ1n) is 5.48. The molecule has 0 unspecified atom stereocenters. The van der Waals surface area contributed by atoms with Crippen LogP contribution in [0.3, 0.4) is 0 Å². The molecule has 16 heavy (non-hydrogen) atoms. The summed E-state index contributed by atoms with van der Waals surface area (Å²) in [5.41, 5.74) is 3.18. The van der Waals surface area contributed by atoms with Crippen LogP contribution < -0.4 is 4.74 Å². The Hall–Kier alpha value is -1.51. The molecule has 0 fully saturated rings. The van der Waals surface area contributed by atoms with Crippen LogP contribution in [0.5, 0.6) is 5.75 Å². The number of rotatable bonds is 1. The molecule has 0 spiro atoms. The van der Waals surface area contributed by atoms with Crippen LogP contribution in [-0.2, 0) is 11.8 Å². The monoisotopic (exact) mass is 219 g/mol. The largest absolute Gasteiger partial charge is 0.497 e. The average Bonchev–Trinajstić information content (AvgIpc) is 2.28. The molecule has 1 N–H and O–H groups in total. The Balaban J connectivity index is 2.52. The van der Waals surface area contributed by atoms with Gasteiger partial charge in [-0.15, -0.1) is 0 Å². The van der Waals surface area contributed by atoms with Crippen molar-refractivity contribution in [3.8, 4) is 5.75 Å². The van der Waals surface area contributed by atoms with Crippen molar-refractivity contribution < 1.29 is 9.94 Å². The van der Waals surface area contributed by atoms with Gasteiger partial charge in [-0.1, -0.05) is 25.1 Å². The van der Waals surface area contributed by atoms with Crippen molar-refractivity contribution in [3.05, 3.63) is 29.3 Å². The van der Waals surface area contributed by atoms with Gasteiger partial charge >= 0.3 is 0 Å². The molecule has 0 saturated heterocycles. The number of benzene rings is 1.